The second kappa shape index (κ2) is 7.35. The smallest absolute Gasteiger partial charge is 0.371 e. The van der Waals surface area contributed by atoms with Crippen LogP contribution in [0.4, 0.5) is 0 Å². The summed E-state index contributed by atoms with van der Waals surface area (Å²) in [6.07, 6.45) is 0.862. The summed E-state index contributed by atoms with van der Waals surface area (Å²) in [5.41, 5.74) is 0. The van der Waals surface area contributed by atoms with Crippen LogP contribution < -0.4 is 10.1 Å². The molecule has 0 fully saturated rings. The molecular weight excluding hydrogens is 258 g/mol. The average Bonchev–Trinajstić information content (AvgIpc) is 2.93. The normalized spacial score (nSPS) is 10.4. The Bertz CT molecular complexity index is 536. The van der Waals surface area contributed by atoms with Crippen molar-refractivity contribution in [2.24, 2.45) is 0 Å². The molecule has 2 rings (SSSR count). The first-order valence-electron chi connectivity index (χ1n) is 6.46. The van der Waals surface area contributed by atoms with Crippen LogP contribution in [0.15, 0.2) is 46.9 Å². The largest absolute Gasteiger partial charge is 0.494 e. The quantitative estimate of drug-likeness (QED) is 0.724. The van der Waals surface area contributed by atoms with Gasteiger partial charge in [0.15, 0.2) is 0 Å². The summed E-state index contributed by atoms with van der Waals surface area (Å²) >= 11 is 0. The topological polar surface area (TPSA) is 71.7 Å². The van der Waals surface area contributed by atoms with E-state index in [1.807, 2.05) is 30.3 Å². The molecule has 0 radical (unpaired) electrons. The Balaban J connectivity index is 1.58. The molecule has 1 heterocycles. The summed E-state index contributed by atoms with van der Waals surface area (Å²) in [6, 6.07) is 12.8. The van der Waals surface area contributed by atoms with E-state index in [-0.39, 0.29) is 5.76 Å². The van der Waals surface area contributed by atoms with E-state index in [4.69, 9.17) is 14.3 Å². The summed E-state index contributed by atoms with van der Waals surface area (Å²) in [5, 5.41) is 11.9. The second-order valence-electron chi connectivity index (χ2n) is 4.26. The van der Waals surface area contributed by atoms with Crippen LogP contribution in [0.1, 0.15) is 22.7 Å². The Morgan fingerprint density at radius 3 is 2.70 bits per heavy atom. The van der Waals surface area contributed by atoms with Crippen molar-refractivity contribution in [3.8, 4) is 5.75 Å². The minimum absolute atomic E-state index is 0.0331. The van der Waals surface area contributed by atoms with Gasteiger partial charge in [-0.2, -0.15) is 0 Å². The fraction of sp³-hybridized carbons (Fsp3) is 0.267. The highest BCUT2D eigenvalue weighted by molar-refractivity contribution is 5.84. The summed E-state index contributed by atoms with van der Waals surface area (Å²) in [5.74, 6) is 0.401. The van der Waals surface area contributed by atoms with Crippen molar-refractivity contribution < 1.29 is 19.1 Å². The Morgan fingerprint density at radius 2 is 2.00 bits per heavy atom. The van der Waals surface area contributed by atoms with Crippen molar-refractivity contribution in [1.82, 2.24) is 5.32 Å². The van der Waals surface area contributed by atoms with Crippen LogP contribution in [-0.4, -0.2) is 24.2 Å². The molecule has 106 valence electrons. The van der Waals surface area contributed by atoms with Crippen LogP contribution in [0.5, 0.6) is 5.75 Å². The predicted octanol–water partition coefficient (Wildman–Crippen LogP) is 2.54. The van der Waals surface area contributed by atoms with E-state index in [2.05, 4.69) is 5.32 Å². The van der Waals surface area contributed by atoms with Crippen LogP contribution in [0.25, 0.3) is 0 Å². The van der Waals surface area contributed by atoms with E-state index in [1.165, 1.54) is 6.07 Å². The Morgan fingerprint density at radius 1 is 1.20 bits per heavy atom. The Hall–Kier alpha value is -2.27. The first-order valence-corrected chi connectivity index (χ1v) is 6.46. The first-order chi connectivity index (χ1) is 9.75. The average molecular weight is 275 g/mol. The number of carboxylic acid groups (broad SMARTS) is 1. The zero-order valence-corrected chi connectivity index (χ0v) is 11.0. The molecule has 0 saturated carbocycles. The van der Waals surface area contributed by atoms with Crippen LogP contribution in [-0.2, 0) is 6.54 Å². The van der Waals surface area contributed by atoms with Gasteiger partial charge >= 0.3 is 5.97 Å². The highest BCUT2D eigenvalue weighted by atomic mass is 16.5. The molecule has 0 atom stereocenters. The van der Waals surface area contributed by atoms with Gasteiger partial charge in [0.2, 0.25) is 5.76 Å². The Labute approximate surface area is 117 Å². The number of benzene rings is 1. The summed E-state index contributed by atoms with van der Waals surface area (Å²) in [7, 11) is 0. The third kappa shape index (κ3) is 4.44. The molecule has 0 bridgehead atoms. The number of para-hydroxylation sites is 1. The number of furan rings is 1. The lowest BCUT2D eigenvalue weighted by Gasteiger charge is -2.06. The summed E-state index contributed by atoms with van der Waals surface area (Å²) < 4.78 is 10.7. The zero-order chi connectivity index (χ0) is 14.2. The minimum Gasteiger partial charge on any atom is -0.494 e. The third-order valence-electron chi connectivity index (χ3n) is 2.68. The van der Waals surface area contributed by atoms with Gasteiger partial charge in [-0.05, 0) is 37.2 Å². The monoisotopic (exact) mass is 275 g/mol. The highest BCUT2D eigenvalue weighted by Crippen LogP contribution is 2.09. The first kappa shape index (κ1) is 14.1. The maximum atomic E-state index is 10.6. The number of nitrogens with one attached hydrogen (secondary N) is 1. The Kier molecular flexibility index (Phi) is 5.20. The predicted molar refractivity (Wildman–Crippen MR) is 73.9 cm³/mol. The molecule has 5 nitrogen and oxygen atoms in total. The SMILES string of the molecule is O=C(O)c1ccc(CNCCCOc2ccccc2)o1. The van der Waals surface area contributed by atoms with E-state index in [0.29, 0.717) is 18.9 Å². The third-order valence-corrected chi connectivity index (χ3v) is 2.68. The molecule has 2 N–H and O–H groups in total. The molecule has 1 aromatic heterocycles. The molecule has 5 heteroatoms. The fourth-order valence-corrected chi connectivity index (χ4v) is 1.70. The van der Waals surface area contributed by atoms with Crippen LogP contribution >= 0.6 is 0 Å². The lowest BCUT2D eigenvalue weighted by molar-refractivity contribution is 0.0660. The van der Waals surface area contributed by atoms with Gasteiger partial charge in [-0.1, -0.05) is 18.2 Å². The van der Waals surface area contributed by atoms with Crippen molar-refractivity contribution in [1.29, 1.82) is 0 Å². The van der Waals surface area contributed by atoms with Gasteiger partial charge in [-0.25, -0.2) is 4.79 Å². The van der Waals surface area contributed by atoms with E-state index in [0.717, 1.165) is 18.7 Å². The summed E-state index contributed by atoms with van der Waals surface area (Å²) in [6.45, 7) is 1.92. The van der Waals surface area contributed by atoms with Gasteiger partial charge < -0.3 is 19.6 Å². The molecule has 1 aromatic carbocycles. The number of aromatic carboxylic acids is 1. The molecule has 0 spiro atoms. The maximum Gasteiger partial charge on any atom is 0.371 e. The van der Waals surface area contributed by atoms with Crippen LogP contribution in [0, 0.1) is 0 Å². The fourth-order valence-electron chi connectivity index (χ4n) is 1.70. The number of carbonyl (C=O) groups is 1. The molecular formula is C15H17NO4. The van der Waals surface area contributed by atoms with E-state index >= 15 is 0 Å². The lowest BCUT2D eigenvalue weighted by atomic mass is 10.3. The van der Waals surface area contributed by atoms with Gasteiger partial charge in [0, 0.05) is 0 Å². The minimum atomic E-state index is -1.05. The van der Waals surface area contributed by atoms with E-state index < -0.39 is 5.97 Å². The molecule has 0 aliphatic rings. The molecule has 0 aliphatic carbocycles. The van der Waals surface area contributed by atoms with Crippen LogP contribution in [0.3, 0.4) is 0 Å². The van der Waals surface area contributed by atoms with Crippen molar-refractivity contribution in [2.45, 2.75) is 13.0 Å². The standard InChI is InChI=1S/C15H17NO4/c17-15(18)14-8-7-13(20-14)11-16-9-4-10-19-12-5-2-1-3-6-12/h1-3,5-8,16H,4,9-11H2,(H,17,18). The second-order valence-corrected chi connectivity index (χ2v) is 4.26. The maximum absolute atomic E-state index is 10.6. The number of ether oxygens (including phenoxy) is 1. The van der Waals surface area contributed by atoms with Crippen LogP contribution in [0.2, 0.25) is 0 Å². The number of hydrogen-bond acceptors (Lipinski definition) is 4. The van der Waals surface area contributed by atoms with Crippen molar-refractivity contribution in [3.05, 3.63) is 54.0 Å². The molecule has 0 amide bonds. The van der Waals surface area contributed by atoms with Crippen molar-refractivity contribution in [2.75, 3.05) is 13.2 Å². The lowest BCUT2D eigenvalue weighted by Crippen LogP contribution is -2.16. The van der Waals surface area contributed by atoms with E-state index in [9.17, 15) is 4.79 Å². The van der Waals surface area contributed by atoms with E-state index in [1.54, 1.807) is 6.07 Å². The van der Waals surface area contributed by atoms with Gasteiger partial charge in [0.1, 0.15) is 11.5 Å². The molecule has 0 aliphatic heterocycles. The number of hydrogen-bond donors (Lipinski definition) is 2. The molecule has 0 saturated heterocycles. The number of rotatable bonds is 8. The number of carboxylic acids is 1. The molecule has 20 heavy (non-hydrogen) atoms. The van der Waals surface area contributed by atoms with Gasteiger partial charge in [0.25, 0.3) is 0 Å². The zero-order valence-electron chi connectivity index (χ0n) is 11.0. The summed E-state index contributed by atoms with van der Waals surface area (Å²) in [4.78, 5) is 10.6. The van der Waals surface area contributed by atoms with Gasteiger partial charge in [-0.3, -0.25) is 0 Å². The van der Waals surface area contributed by atoms with Crippen molar-refractivity contribution in [3.63, 3.8) is 0 Å². The van der Waals surface area contributed by atoms with Gasteiger partial charge in [0.05, 0.1) is 13.2 Å². The van der Waals surface area contributed by atoms with Crippen molar-refractivity contribution >= 4 is 5.97 Å². The highest BCUT2D eigenvalue weighted by Gasteiger charge is 2.07. The van der Waals surface area contributed by atoms with Gasteiger partial charge in [-0.15, -0.1) is 0 Å². The molecule has 0 unspecified atom stereocenters. The molecule has 2 aromatic rings.